The van der Waals surface area contributed by atoms with E-state index in [0.29, 0.717) is 12.2 Å². The van der Waals surface area contributed by atoms with Crippen LogP contribution in [0, 0.1) is 0 Å². The molecule has 0 bridgehead atoms. The quantitative estimate of drug-likeness (QED) is 0.854. The summed E-state index contributed by atoms with van der Waals surface area (Å²) in [6, 6.07) is 11.0. The molecule has 3 rings (SSSR count). The molecule has 1 atom stereocenters. The van der Waals surface area contributed by atoms with Crippen molar-refractivity contribution in [1.29, 1.82) is 0 Å². The number of aliphatic hydroxyl groups is 1. The van der Waals surface area contributed by atoms with Crippen molar-refractivity contribution in [3.63, 3.8) is 0 Å². The maximum absolute atomic E-state index is 11.5. The van der Waals surface area contributed by atoms with Crippen molar-refractivity contribution < 1.29 is 19.1 Å². The zero-order valence-electron chi connectivity index (χ0n) is 11.3. The Hall–Kier alpha value is -2.07. The smallest absolute Gasteiger partial charge is 0.373 e. The number of carbonyl (C=O) groups is 1. The maximum atomic E-state index is 11.5. The number of rotatable bonds is 2. The number of esters is 1. The maximum Gasteiger partial charge on any atom is 0.373 e. The summed E-state index contributed by atoms with van der Waals surface area (Å²) in [6.45, 7) is 0. The average Bonchev–Trinajstić information content (AvgIpc) is 2.97. The third-order valence-electron chi connectivity index (χ3n) is 3.85. The Morgan fingerprint density at radius 3 is 2.90 bits per heavy atom. The van der Waals surface area contributed by atoms with E-state index >= 15 is 0 Å². The van der Waals surface area contributed by atoms with Crippen molar-refractivity contribution in [2.45, 2.75) is 24.9 Å². The van der Waals surface area contributed by atoms with Crippen LogP contribution in [0.1, 0.15) is 40.3 Å². The number of hydrogen-bond acceptors (Lipinski definition) is 4. The molecular weight excluding hydrogens is 256 g/mol. The number of fused-ring (bicyclic) bond motifs is 1. The van der Waals surface area contributed by atoms with Gasteiger partial charge in [0.15, 0.2) is 0 Å². The van der Waals surface area contributed by atoms with Crippen LogP contribution in [0.5, 0.6) is 0 Å². The van der Waals surface area contributed by atoms with Crippen LogP contribution in [-0.2, 0) is 16.8 Å². The van der Waals surface area contributed by atoms with Crippen LogP contribution in [0.2, 0.25) is 0 Å². The molecule has 4 heteroatoms. The Balaban J connectivity index is 2.05. The van der Waals surface area contributed by atoms with Crippen LogP contribution >= 0.6 is 0 Å². The summed E-state index contributed by atoms with van der Waals surface area (Å²) in [7, 11) is 1.30. The number of carbonyl (C=O) groups excluding carboxylic acids is 1. The molecule has 1 aliphatic carbocycles. The Kier molecular flexibility index (Phi) is 3.10. The third-order valence-corrected chi connectivity index (χ3v) is 3.85. The lowest BCUT2D eigenvalue weighted by atomic mass is 9.78. The van der Waals surface area contributed by atoms with E-state index in [2.05, 4.69) is 4.74 Å². The van der Waals surface area contributed by atoms with Crippen molar-refractivity contribution in [2.75, 3.05) is 7.11 Å². The SMILES string of the molecule is COC(=O)c1ccc(C2(O)CCCc3ccccc32)o1. The minimum atomic E-state index is -1.17. The van der Waals surface area contributed by atoms with E-state index in [4.69, 9.17) is 4.42 Å². The van der Waals surface area contributed by atoms with Gasteiger partial charge in [0, 0.05) is 0 Å². The summed E-state index contributed by atoms with van der Waals surface area (Å²) in [6.07, 6.45) is 2.41. The standard InChI is InChI=1S/C16H16O4/c1-19-15(17)13-8-9-14(20-13)16(18)10-4-6-11-5-2-3-7-12(11)16/h2-3,5,7-9,18H,4,6,10H2,1H3. The molecule has 4 nitrogen and oxygen atoms in total. The number of aryl methyl sites for hydroxylation is 1. The minimum absolute atomic E-state index is 0.110. The predicted octanol–water partition coefficient (Wildman–Crippen LogP) is 2.64. The highest BCUT2D eigenvalue weighted by Gasteiger charge is 2.39. The van der Waals surface area contributed by atoms with E-state index in [1.807, 2.05) is 24.3 Å². The molecule has 1 aromatic carbocycles. The Morgan fingerprint density at radius 1 is 1.30 bits per heavy atom. The first-order valence-corrected chi connectivity index (χ1v) is 6.64. The molecule has 1 unspecified atom stereocenters. The number of hydrogen-bond donors (Lipinski definition) is 1. The van der Waals surface area contributed by atoms with Gasteiger partial charge >= 0.3 is 5.97 Å². The molecule has 20 heavy (non-hydrogen) atoms. The van der Waals surface area contributed by atoms with E-state index in [-0.39, 0.29) is 5.76 Å². The number of methoxy groups -OCH3 is 1. The van der Waals surface area contributed by atoms with Gasteiger partial charge in [-0.2, -0.15) is 0 Å². The highest BCUT2D eigenvalue weighted by molar-refractivity contribution is 5.86. The fraction of sp³-hybridized carbons (Fsp3) is 0.312. The fourth-order valence-corrected chi connectivity index (χ4v) is 2.84. The highest BCUT2D eigenvalue weighted by atomic mass is 16.5. The monoisotopic (exact) mass is 272 g/mol. The zero-order valence-corrected chi connectivity index (χ0v) is 11.3. The molecule has 1 N–H and O–H groups in total. The van der Waals surface area contributed by atoms with Crippen LogP contribution in [0.15, 0.2) is 40.8 Å². The lowest BCUT2D eigenvalue weighted by molar-refractivity contribution is 0.0346. The number of benzene rings is 1. The van der Waals surface area contributed by atoms with Crippen LogP contribution in [0.3, 0.4) is 0 Å². The van der Waals surface area contributed by atoms with E-state index in [1.165, 1.54) is 13.2 Å². The molecule has 2 aromatic rings. The van der Waals surface area contributed by atoms with Gasteiger partial charge in [0.1, 0.15) is 11.4 Å². The van der Waals surface area contributed by atoms with Crippen molar-refractivity contribution >= 4 is 5.97 Å². The summed E-state index contributed by atoms with van der Waals surface area (Å²) < 4.78 is 10.1. The van der Waals surface area contributed by atoms with Crippen LogP contribution in [0.25, 0.3) is 0 Å². The van der Waals surface area contributed by atoms with Gasteiger partial charge in [-0.1, -0.05) is 24.3 Å². The summed E-state index contributed by atoms with van der Waals surface area (Å²) in [5.74, 6) is -0.0343. The Bertz CT molecular complexity index is 643. The molecule has 0 radical (unpaired) electrons. The van der Waals surface area contributed by atoms with Gasteiger partial charge in [0.2, 0.25) is 5.76 Å². The van der Waals surface area contributed by atoms with Gasteiger partial charge in [-0.3, -0.25) is 0 Å². The molecule has 0 saturated carbocycles. The molecule has 0 amide bonds. The van der Waals surface area contributed by atoms with E-state index in [0.717, 1.165) is 24.0 Å². The molecule has 1 heterocycles. The van der Waals surface area contributed by atoms with Gasteiger partial charge in [-0.15, -0.1) is 0 Å². The minimum Gasteiger partial charge on any atom is -0.463 e. The first-order valence-electron chi connectivity index (χ1n) is 6.64. The third kappa shape index (κ3) is 1.93. The van der Waals surface area contributed by atoms with Crippen molar-refractivity contribution in [3.8, 4) is 0 Å². The largest absolute Gasteiger partial charge is 0.463 e. The van der Waals surface area contributed by atoms with Gasteiger partial charge < -0.3 is 14.3 Å². The van der Waals surface area contributed by atoms with Gasteiger partial charge in [-0.05, 0) is 42.5 Å². The van der Waals surface area contributed by atoms with Gasteiger partial charge in [-0.25, -0.2) is 4.79 Å². The van der Waals surface area contributed by atoms with Crippen molar-refractivity contribution in [2.24, 2.45) is 0 Å². The first-order chi connectivity index (χ1) is 9.65. The first kappa shape index (κ1) is 12.9. The summed E-state index contributed by atoms with van der Waals surface area (Å²) in [5.41, 5.74) is 0.815. The highest BCUT2D eigenvalue weighted by Crippen LogP contribution is 2.41. The van der Waals surface area contributed by atoms with Gasteiger partial charge in [0.05, 0.1) is 7.11 Å². The molecular formula is C16H16O4. The second-order valence-electron chi connectivity index (χ2n) is 5.03. The zero-order chi connectivity index (χ0) is 14.2. The molecule has 0 spiro atoms. The van der Waals surface area contributed by atoms with Crippen LogP contribution in [0.4, 0.5) is 0 Å². The van der Waals surface area contributed by atoms with Crippen LogP contribution in [-0.4, -0.2) is 18.2 Å². The number of ether oxygens (including phenoxy) is 1. The van der Waals surface area contributed by atoms with Crippen molar-refractivity contribution in [1.82, 2.24) is 0 Å². The predicted molar refractivity (Wildman–Crippen MR) is 72.4 cm³/mol. The van der Waals surface area contributed by atoms with Crippen LogP contribution < -0.4 is 0 Å². The average molecular weight is 272 g/mol. The summed E-state index contributed by atoms with van der Waals surface area (Å²) in [5, 5.41) is 11.0. The Labute approximate surface area is 117 Å². The summed E-state index contributed by atoms with van der Waals surface area (Å²) in [4.78, 5) is 11.5. The second-order valence-corrected chi connectivity index (χ2v) is 5.03. The molecule has 104 valence electrons. The molecule has 1 aromatic heterocycles. The van der Waals surface area contributed by atoms with E-state index in [9.17, 15) is 9.90 Å². The van der Waals surface area contributed by atoms with E-state index in [1.54, 1.807) is 6.07 Å². The molecule has 0 fully saturated rings. The molecule has 1 aliphatic rings. The Morgan fingerprint density at radius 2 is 2.10 bits per heavy atom. The second kappa shape index (κ2) is 4.80. The van der Waals surface area contributed by atoms with Crippen molar-refractivity contribution in [3.05, 3.63) is 59.0 Å². The summed E-state index contributed by atoms with van der Waals surface area (Å²) >= 11 is 0. The topological polar surface area (TPSA) is 59.7 Å². The lowest BCUT2D eigenvalue weighted by Crippen LogP contribution is -2.31. The lowest BCUT2D eigenvalue weighted by Gasteiger charge is -2.32. The van der Waals surface area contributed by atoms with E-state index < -0.39 is 11.6 Å². The van der Waals surface area contributed by atoms with Gasteiger partial charge in [0.25, 0.3) is 0 Å². The number of furan rings is 1. The fourth-order valence-electron chi connectivity index (χ4n) is 2.84. The molecule has 0 saturated heterocycles. The molecule has 0 aliphatic heterocycles. The normalized spacial score (nSPS) is 21.3.